The Labute approximate surface area is 137 Å². The molecule has 1 unspecified atom stereocenters. The second-order valence-corrected chi connectivity index (χ2v) is 6.22. The van der Waals surface area contributed by atoms with Crippen LogP contribution in [0.15, 0.2) is 24.3 Å². The van der Waals surface area contributed by atoms with Crippen LogP contribution < -0.4 is 10.1 Å². The number of hydrogen-bond donors (Lipinski definition) is 2. The molecule has 2 rings (SSSR count). The van der Waals surface area contributed by atoms with Gasteiger partial charge < -0.3 is 15.2 Å². The summed E-state index contributed by atoms with van der Waals surface area (Å²) >= 11 is 0. The highest BCUT2D eigenvalue weighted by atomic mass is 16.5. The van der Waals surface area contributed by atoms with Gasteiger partial charge in [0.25, 0.3) is 5.91 Å². The standard InChI is InChI=1S/C18H25NO4/c1-3-12(2)23-16-10-6-13(7-11-16)17(20)19-15-8-4-14(5-9-15)18(21)22/h6-7,10-12,14-15H,3-5,8-9H2,1-2H3,(H,19,20)(H,21,22). The van der Waals surface area contributed by atoms with Gasteiger partial charge in [-0.15, -0.1) is 0 Å². The molecule has 1 aromatic carbocycles. The predicted molar refractivity (Wildman–Crippen MR) is 87.7 cm³/mol. The van der Waals surface area contributed by atoms with E-state index in [1.165, 1.54) is 0 Å². The van der Waals surface area contributed by atoms with Crippen LogP contribution in [-0.4, -0.2) is 29.1 Å². The molecule has 0 spiro atoms. The molecule has 1 aromatic rings. The molecule has 0 bridgehead atoms. The normalized spacial score (nSPS) is 22.2. The second kappa shape index (κ2) is 7.99. The molecule has 0 heterocycles. The number of rotatable bonds is 6. The van der Waals surface area contributed by atoms with Crippen molar-refractivity contribution in [2.24, 2.45) is 5.92 Å². The van der Waals surface area contributed by atoms with E-state index in [9.17, 15) is 9.59 Å². The van der Waals surface area contributed by atoms with E-state index in [-0.39, 0.29) is 24.0 Å². The molecule has 1 saturated carbocycles. The minimum absolute atomic E-state index is 0.0640. The molecular formula is C18H25NO4. The van der Waals surface area contributed by atoms with E-state index in [0.717, 1.165) is 25.0 Å². The van der Waals surface area contributed by atoms with Crippen molar-refractivity contribution in [2.75, 3.05) is 0 Å². The molecule has 1 amide bonds. The Morgan fingerprint density at radius 3 is 2.35 bits per heavy atom. The van der Waals surface area contributed by atoms with E-state index < -0.39 is 5.97 Å². The van der Waals surface area contributed by atoms with E-state index in [1.807, 2.05) is 19.1 Å². The topological polar surface area (TPSA) is 75.6 Å². The molecule has 1 aliphatic carbocycles. The van der Waals surface area contributed by atoms with Crippen LogP contribution >= 0.6 is 0 Å². The fourth-order valence-corrected chi connectivity index (χ4v) is 2.75. The highest BCUT2D eigenvalue weighted by molar-refractivity contribution is 5.94. The van der Waals surface area contributed by atoms with Gasteiger partial charge in [-0.05, 0) is 63.3 Å². The molecule has 126 valence electrons. The summed E-state index contributed by atoms with van der Waals surface area (Å²) in [6, 6.07) is 7.20. The summed E-state index contributed by atoms with van der Waals surface area (Å²) in [4.78, 5) is 23.2. The fraction of sp³-hybridized carbons (Fsp3) is 0.556. The molecular weight excluding hydrogens is 294 g/mol. The minimum atomic E-state index is -0.730. The van der Waals surface area contributed by atoms with Crippen molar-refractivity contribution >= 4 is 11.9 Å². The van der Waals surface area contributed by atoms with Crippen LogP contribution in [0.25, 0.3) is 0 Å². The quantitative estimate of drug-likeness (QED) is 0.844. The van der Waals surface area contributed by atoms with Gasteiger partial charge in [-0.25, -0.2) is 0 Å². The molecule has 1 fully saturated rings. The van der Waals surface area contributed by atoms with Gasteiger partial charge in [0.15, 0.2) is 0 Å². The van der Waals surface area contributed by atoms with Crippen LogP contribution in [0.5, 0.6) is 5.75 Å². The zero-order chi connectivity index (χ0) is 16.8. The number of hydrogen-bond acceptors (Lipinski definition) is 3. The van der Waals surface area contributed by atoms with Crippen molar-refractivity contribution in [3.05, 3.63) is 29.8 Å². The number of carbonyl (C=O) groups excluding carboxylic acids is 1. The first kappa shape index (κ1) is 17.3. The first-order valence-electron chi connectivity index (χ1n) is 8.30. The lowest BCUT2D eigenvalue weighted by atomic mass is 9.86. The van der Waals surface area contributed by atoms with Crippen molar-refractivity contribution in [2.45, 2.75) is 58.1 Å². The molecule has 2 N–H and O–H groups in total. The van der Waals surface area contributed by atoms with Crippen LogP contribution in [-0.2, 0) is 4.79 Å². The Morgan fingerprint density at radius 1 is 1.22 bits per heavy atom. The number of carboxylic acid groups (broad SMARTS) is 1. The van der Waals surface area contributed by atoms with Gasteiger partial charge in [0.1, 0.15) is 5.75 Å². The average Bonchev–Trinajstić information content (AvgIpc) is 2.55. The van der Waals surface area contributed by atoms with Crippen LogP contribution in [0.3, 0.4) is 0 Å². The molecule has 5 heteroatoms. The number of benzene rings is 1. The van der Waals surface area contributed by atoms with Crippen molar-refractivity contribution in [1.29, 1.82) is 0 Å². The zero-order valence-electron chi connectivity index (χ0n) is 13.7. The fourth-order valence-electron chi connectivity index (χ4n) is 2.75. The van der Waals surface area contributed by atoms with Gasteiger partial charge >= 0.3 is 5.97 Å². The molecule has 0 aliphatic heterocycles. The first-order chi connectivity index (χ1) is 11.0. The zero-order valence-corrected chi connectivity index (χ0v) is 13.7. The number of carbonyl (C=O) groups is 2. The number of nitrogens with one attached hydrogen (secondary N) is 1. The summed E-state index contributed by atoms with van der Waals surface area (Å²) in [6.07, 6.45) is 3.78. The number of aliphatic carboxylic acids is 1. The van der Waals surface area contributed by atoms with Crippen molar-refractivity contribution in [3.8, 4) is 5.75 Å². The molecule has 1 atom stereocenters. The third-order valence-electron chi connectivity index (χ3n) is 4.44. The summed E-state index contributed by atoms with van der Waals surface area (Å²) in [5.41, 5.74) is 0.599. The van der Waals surface area contributed by atoms with E-state index in [1.54, 1.807) is 12.1 Å². The minimum Gasteiger partial charge on any atom is -0.491 e. The van der Waals surface area contributed by atoms with Crippen molar-refractivity contribution in [3.63, 3.8) is 0 Å². The molecule has 0 saturated heterocycles. The third kappa shape index (κ3) is 4.98. The van der Waals surface area contributed by atoms with Crippen LogP contribution in [0, 0.1) is 5.92 Å². The monoisotopic (exact) mass is 319 g/mol. The van der Waals surface area contributed by atoms with Gasteiger partial charge in [-0.2, -0.15) is 0 Å². The lowest BCUT2D eigenvalue weighted by molar-refractivity contribution is -0.142. The van der Waals surface area contributed by atoms with Crippen LogP contribution in [0.2, 0.25) is 0 Å². The average molecular weight is 319 g/mol. The van der Waals surface area contributed by atoms with E-state index >= 15 is 0 Å². The van der Waals surface area contributed by atoms with Gasteiger partial charge in [-0.1, -0.05) is 6.92 Å². The lowest BCUT2D eigenvalue weighted by Gasteiger charge is -2.26. The van der Waals surface area contributed by atoms with Gasteiger partial charge in [0.05, 0.1) is 12.0 Å². The van der Waals surface area contributed by atoms with Crippen LogP contribution in [0.4, 0.5) is 0 Å². The van der Waals surface area contributed by atoms with E-state index in [4.69, 9.17) is 9.84 Å². The summed E-state index contributed by atoms with van der Waals surface area (Å²) in [6.45, 7) is 4.07. The van der Waals surface area contributed by atoms with Gasteiger partial charge in [0.2, 0.25) is 0 Å². The molecule has 5 nitrogen and oxygen atoms in total. The van der Waals surface area contributed by atoms with Crippen molar-refractivity contribution in [1.82, 2.24) is 5.32 Å². The van der Waals surface area contributed by atoms with Gasteiger partial charge in [0, 0.05) is 11.6 Å². The lowest BCUT2D eigenvalue weighted by Crippen LogP contribution is -2.38. The SMILES string of the molecule is CCC(C)Oc1ccc(C(=O)NC2CCC(C(=O)O)CC2)cc1. The molecule has 0 aromatic heterocycles. The van der Waals surface area contributed by atoms with Crippen LogP contribution in [0.1, 0.15) is 56.3 Å². The summed E-state index contributed by atoms with van der Waals surface area (Å²) in [5, 5.41) is 12.0. The Bertz CT molecular complexity index is 532. The Morgan fingerprint density at radius 2 is 1.83 bits per heavy atom. The van der Waals surface area contributed by atoms with E-state index in [2.05, 4.69) is 12.2 Å². The number of amides is 1. The molecule has 1 aliphatic rings. The summed E-state index contributed by atoms with van der Waals surface area (Å²) in [5.74, 6) is -0.344. The Kier molecular flexibility index (Phi) is 6.02. The Balaban J connectivity index is 1.85. The maximum Gasteiger partial charge on any atom is 0.306 e. The number of ether oxygens (including phenoxy) is 1. The maximum atomic E-state index is 12.2. The van der Waals surface area contributed by atoms with Gasteiger partial charge in [-0.3, -0.25) is 9.59 Å². The predicted octanol–water partition coefficient (Wildman–Crippen LogP) is 3.24. The number of carboxylic acids is 1. The largest absolute Gasteiger partial charge is 0.491 e. The smallest absolute Gasteiger partial charge is 0.306 e. The maximum absolute atomic E-state index is 12.2. The third-order valence-corrected chi connectivity index (χ3v) is 4.44. The molecule has 23 heavy (non-hydrogen) atoms. The second-order valence-electron chi connectivity index (χ2n) is 6.22. The Hall–Kier alpha value is -2.04. The first-order valence-corrected chi connectivity index (χ1v) is 8.30. The summed E-state index contributed by atoms with van der Waals surface area (Å²) < 4.78 is 5.70. The molecule has 0 radical (unpaired) electrons. The highest BCUT2D eigenvalue weighted by Crippen LogP contribution is 2.24. The summed E-state index contributed by atoms with van der Waals surface area (Å²) in [7, 11) is 0. The highest BCUT2D eigenvalue weighted by Gasteiger charge is 2.26. The van der Waals surface area contributed by atoms with Crippen molar-refractivity contribution < 1.29 is 19.4 Å². The van der Waals surface area contributed by atoms with E-state index in [0.29, 0.717) is 18.4 Å².